The molecule has 6 nitrogen and oxygen atoms in total. The first-order valence-corrected chi connectivity index (χ1v) is 6.59. The Kier molecular flexibility index (Phi) is 4.56. The summed E-state index contributed by atoms with van der Waals surface area (Å²) in [5.41, 5.74) is 7.04. The Morgan fingerprint density at radius 2 is 2.20 bits per heavy atom. The second-order valence-corrected chi connectivity index (χ2v) is 4.71. The van der Waals surface area contributed by atoms with E-state index in [4.69, 9.17) is 15.7 Å². The molecule has 3 unspecified atom stereocenters. The van der Waals surface area contributed by atoms with Crippen LogP contribution in [0.4, 0.5) is 10.5 Å². The number of rotatable bonds is 4. The van der Waals surface area contributed by atoms with Crippen molar-refractivity contribution in [3.8, 4) is 6.07 Å². The molecule has 0 saturated heterocycles. The lowest BCUT2D eigenvalue weighted by molar-refractivity contribution is -0.0277. The SMILES string of the molecule is CCOC1CC(N)C1NC(=O)Nc1ccc(C#N)cc1. The number of nitrogens with zero attached hydrogens (tertiary/aromatic N) is 1. The molecule has 6 heteroatoms. The van der Waals surface area contributed by atoms with E-state index in [9.17, 15) is 4.79 Å². The van der Waals surface area contributed by atoms with Crippen LogP contribution in [0.2, 0.25) is 0 Å². The molecule has 20 heavy (non-hydrogen) atoms. The Hall–Kier alpha value is -2.10. The summed E-state index contributed by atoms with van der Waals surface area (Å²) in [5.74, 6) is 0. The summed E-state index contributed by atoms with van der Waals surface area (Å²) < 4.78 is 5.48. The van der Waals surface area contributed by atoms with Crippen molar-refractivity contribution < 1.29 is 9.53 Å². The first-order valence-electron chi connectivity index (χ1n) is 6.59. The number of hydrogen-bond acceptors (Lipinski definition) is 4. The van der Waals surface area contributed by atoms with Gasteiger partial charge in [-0.25, -0.2) is 4.79 Å². The molecule has 3 atom stereocenters. The number of nitriles is 1. The molecule has 1 aromatic carbocycles. The molecule has 1 saturated carbocycles. The lowest BCUT2D eigenvalue weighted by atomic mass is 9.83. The molecule has 0 spiro atoms. The maximum absolute atomic E-state index is 11.9. The minimum absolute atomic E-state index is 0.0123. The van der Waals surface area contributed by atoms with Crippen LogP contribution in [0, 0.1) is 11.3 Å². The van der Waals surface area contributed by atoms with Crippen LogP contribution >= 0.6 is 0 Å². The molecule has 1 aliphatic carbocycles. The van der Waals surface area contributed by atoms with E-state index in [2.05, 4.69) is 10.6 Å². The van der Waals surface area contributed by atoms with Gasteiger partial charge in [-0.05, 0) is 37.6 Å². The number of benzene rings is 1. The monoisotopic (exact) mass is 274 g/mol. The van der Waals surface area contributed by atoms with Crippen molar-refractivity contribution in [2.24, 2.45) is 5.73 Å². The van der Waals surface area contributed by atoms with Gasteiger partial charge in [-0.1, -0.05) is 0 Å². The highest BCUT2D eigenvalue weighted by atomic mass is 16.5. The quantitative estimate of drug-likeness (QED) is 0.767. The van der Waals surface area contributed by atoms with Crippen LogP contribution in [0.1, 0.15) is 18.9 Å². The van der Waals surface area contributed by atoms with Crippen molar-refractivity contribution in [3.63, 3.8) is 0 Å². The fraction of sp³-hybridized carbons (Fsp3) is 0.429. The zero-order valence-corrected chi connectivity index (χ0v) is 11.3. The van der Waals surface area contributed by atoms with Gasteiger partial charge in [-0.15, -0.1) is 0 Å². The van der Waals surface area contributed by atoms with E-state index in [-0.39, 0.29) is 24.2 Å². The van der Waals surface area contributed by atoms with E-state index >= 15 is 0 Å². The molecule has 4 N–H and O–H groups in total. The highest BCUT2D eigenvalue weighted by Crippen LogP contribution is 2.22. The van der Waals surface area contributed by atoms with E-state index in [0.29, 0.717) is 17.9 Å². The molecule has 2 rings (SSSR count). The minimum atomic E-state index is -0.320. The number of hydrogen-bond donors (Lipinski definition) is 3. The van der Waals surface area contributed by atoms with Gasteiger partial charge in [0.1, 0.15) is 0 Å². The van der Waals surface area contributed by atoms with E-state index in [0.717, 1.165) is 6.42 Å². The van der Waals surface area contributed by atoms with E-state index < -0.39 is 0 Å². The first-order chi connectivity index (χ1) is 9.63. The minimum Gasteiger partial charge on any atom is -0.376 e. The molecule has 1 fully saturated rings. The predicted octanol–water partition coefficient (Wildman–Crippen LogP) is 1.18. The van der Waals surface area contributed by atoms with Gasteiger partial charge in [0.2, 0.25) is 0 Å². The number of carbonyl (C=O) groups is 1. The number of urea groups is 1. The Morgan fingerprint density at radius 1 is 1.50 bits per heavy atom. The summed E-state index contributed by atoms with van der Waals surface area (Å²) in [6.45, 7) is 2.52. The molecule has 2 amide bonds. The largest absolute Gasteiger partial charge is 0.376 e. The molecule has 1 aromatic rings. The van der Waals surface area contributed by atoms with Gasteiger partial charge in [-0.3, -0.25) is 0 Å². The molecular formula is C14H18N4O2. The lowest BCUT2D eigenvalue weighted by Crippen LogP contribution is -2.65. The van der Waals surface area contributed by atoms with E-state index in [1.54, 1.807) is 24.3 Å². The Morgan fingerprint density at radius 3 is 2.75 bits per heavy atom. The Bertz CT molecular complexity index is 507. The summed E-state index contributed by atoms with van der Waals surface area (Å²) in [6.07, 6.45) is 0.747. The summed E-state index contributed by atoms with van der Waals surface area (Å²) in [7, 11) is 0. The predicted molar refractivity (Wildman–Crippen MR) is 75.1 cm³/mol. The molecule has 1 aliphatic rings. The number of anilines is 1. The average molecular weight is 274 g/mol. The van der Waals surface area contributed by atoms with Gasteiger partial charge in [0.15, 0.2) is 0 Å². The number of amides is 2. The van der Waals surface area contributed by atoms with Crippen molar-refractivity contribution in [1.29, 1.82) is 5.26 Å². The molecule has 106 valence electrons. The number of nitrogens with two attached hydrogens (primary N) is 1. The summed E-state index contributed by atoms with van der Waals surface area (Å²) in [6, 6.07) is 8.12. The van der Waals surface area contributed by atoms with E-state index in [1.165, 1.54) is 0 Å². The maximum Gasteiger partial charge on any atom is 0.319 e. The van der Waals surface area contributed by atoms with Gasteiger partial charge in [0.25, 0.3) is 0 Å². The third kappa shape index (κ3) is 3.26. The zero-order valence-electron chi connectivity index (χ0n) is 11.3. The van der Waals surface area contributed by atoms with Crippen molar-refractivity contribution in [1.82, 2.24) is 5.32 Å². The first kappa shape index (κ1) is 14.3. The van der Waals surface area contributed by atoms with Crippen LogP contribution in [0.5, 0.6) is 0 Å². The average Bonchev–Trinajstić information content (AvgIpc) is 2.45. The second-order valence-electron chi connectivity index (χ2n) is 4.71. The molecule has 0 bridgehead atoms. The standard InChI is InChI=1S/C14H18N4O2/c1-2-20-12-7-11(16)13(12)18-14(19)17-10-5-3-9(8-15)4-6-10/h3-6,11-13H,2,7,16H2,1H3,(H2,17,18,19). The van der Waals surface area contributed by atoms with Crippen molar-refractivity contribution in [2.45, 2.75) is 31.5 Å². The molecule has 0 radical (unpaired) electrons. The summed E-state index contributed by atoms with van der Waals surface area (Å²) in [4.78, 5) is 11.9. The lowest BCUT2D eigenvalue weighted by Gasteiger charge is -2.42. The van der Waals surface area contributed by atoms with Gasteiger partial charge in [-0.2, -0.15) is 5.26 Å². The van der Waals surface area contributed by atoms with Crippen molar-refractivity contribution in [2.75, 3.05) is 11.9 Å². The molecular weight excluding hydrogens is 256 g/mol. The summed E-state index contributed by atoms with van der Waals surface area (Å²) >= 11 is 0. The van der Waals surface area contributed by atoms with Gasteiger partial charge in [0.05, 0.1) is 23.8 Å². The van der Waals surface area contributed by atoms with Gasteiger partial charge < -0.3 is 21.1 Å². The fourth-order valence-electron chi connectivity index (χ4n) is 2.17. The third-order valence-electron chi connectivity index (χ3n) is 3.32. The van der Waals surface area contributed by atoms with Gasteiger partial charge >= 0.3 is 6.03 Å². The van der Waals surface area contributed by atoms with Gasteiger partial charge in [0, 0.05) is 18.3 Å². The van der Waals surface area contributed by atoms with E-state index in [1.807, 2.05) is 13.0 Å². The molecule has 0 heterocycles. The van der Waals surface area contributed by atoms with Crippen LogP contribution < -0.4 is 16.4 Å². The van der Waals surface area contributed by atoms with Crippen molar-refractivity contribution in [3.05, 3.63) is 29.8 Å². The fourth-order valence-corrected chi connectivity index (χ4v) is 2.17. The zero-order chi connectivity index (χ0) is 14.5. The van der Waals surface area contributed by atoms with Crippen LogP contribution in [0.25, 0.3) is 0 Å². The smallest absolute Gasteiger partial charge is 0.319 e. The maximum atomic E-state index is 11.9. The Balaban J connectivity index is 1.87. The van der Waals surface area contributed by atoms with Crippen LogP contribution in [0.3, 0.4) is 0 Å². The van der Waals surface area contributed by atoms with Crippen LogP contribution in [-0.2, 0) is 4.74 Å². The highest BCUT2D eigenvalue weighted by molar-refractivity contribution is 5.89. The summed E-state index contributed by atoms with van der Waals surface area (Å²) in [5, 5.41) is 14.2. The number of nitrogens with one attached hydrogen (secondary N) is 2. The second kappa shape index (κ2) is 6.37. The van der Waals surface area contributed by atoms with Crippen LogP contribution in [-0.4, -0.2) is 30.8 Å². The molecule has 0 aliphatic heterocycles. The third-order valence-corrected chi connectivity index (χ3v) is 3.32. The number of ether oxygens (including phenoxy) is 1. The van der Waals surface area contributed by atoms with Crippen LogP contribution in [0.15, 0.2) is 24.3 Å². The molecule has 0 aromatic heterocycles. The Labute approximate surface area is 117 Å². The normalized spacial score (nSPS) is 24.4. The van der Waals surface area contributed by atoms with Crippen molar-refractivity contribution >= 4 is 11.7 Å². The number of carbonyl (C=O) groups excluding carboxylic acids is 1. The topological polar surface area (TPSA) is 100 Å². The highest BCUT2D eigenvalue weighted by Gasteiger charge is 2.40.